The molecular weight excluding hydrogens is 260 g/mol. The zero-order valence-electron chi connectivity index (χ0n) is 12.8. The molecule has 1 aromatic carbocycles. The van der Waals surface area contributed by atoms with Gasteiger partial charge >= 0.3 is 0 Å². The molecule has 0 bridgehead atoms. The molecule has 4 nitrogen and oxygen atoms in total. The zero-order valence-corrected chi connectivity index (χ0v) is 12.8. The van der Waals surface area contributed by atoms with Gasteiger partial charge in [-0.05, 0) is 43.7 Å². The lowest BCUT2D eigenvalue weighted by Gasteiger charge is -2.25. The summed E-state index contributed by atoms with van der Waals surface area (Å²) in [5.41, 5.74) is 4.02. The summed E-state index contributed by atoms with van der Waals surface area (Å²) in [7, 11) is 0. The molecule has 1 aliphatic heterocycles. The summed E-state index contributed by atoms with van der Waals surface area (Å²) in [6.07, 6.45) is 3.55. The summed E-state index contributed by atoms with van der Waals surface area (Å²) in [5.74, 6) is 3.05. The van der Waals surface area contributed by atoms with Gasteiger partial charge in [0.2, 0.25) is 0 Å². The fraction of sp³-hybridized carbons (Fsp3) is 0.529. The number of hydrogen-bond donors (Lipinski definition) is 1. The molecule has 110 valence electrons. The van der Waals surface area contributed by atoms with Gasteiger partial charge in [0, 0.05) is 19.5 Å². The second-order valence-electron chi connectivity index (χ2n) is 6.50. The van der Waals surface area contributed by atoms with E-state index in [1.54, 1.807) is 0 Å². The number of nitrogens with one attached hydrogen (secondary N) is 1. The monoisotopic (exact) mass is 282 g/mol. The van der Waals surface area contributed by atoms with Crippen molar-refractivity contribution < 1.29 is 0 Å². The maximum absolute atomic E-state index is 4.50. The van der Waals surface area contributed by atoms with Gasteiger partial charge in [-0.2, -0.15) is 0 Å². The number of aryl methyl sites for hydroxylation is 2. The highest BCUT2D eigenvalue weighted by Crippen LogP contribution is 2.41. The Morgan fingerprint density at radius 1 is 1.24 bits per heavy atom. The van der Waals surface area contributed by atoms with Gasteiger partial charge in [-0.3, -0.25) is 0 Å². The van der Waals surface area contributed by atoms with E-state index in [1.807, 2.05) is 0 Å². The molecule has 2 aromatic rings. The second-order valence-corrected chi connectivity index (χ2v) is 6.50. The van der Waals surface area contributed by atoms with Crippen LogP contribution in [0.3, 0.4) is 0 Å². The van der Waals surface area contributed by atoms with Gasteiger partial charge in [-0.1, -0.05) is 23.8 Å². The van der Waals surface area contributed by atoms with Crippen molar-refractivity contribution in [2.75, 3.05) is 6.54 Å². The van der Waals surface area contributed by atoms with E-state index in [0.29, 0.717) is 6.04 Å². The van der Waals surface area contributed by atoms with Crippen molar-refractivity contribution in [1.29, 1.82) is 0 Å². The Morgan fingerprint density at radius 2 is 2.10 bits per heavy atom. The molecular formula is C17H22N4. The number of nitrogens with zero attached hydrogens (tertiary/aromatic N) is 3. The minimum atomic E-state index is 0.429. The van der Waals surface area contributed by atoms with Crippen LogP contribution in [0.25, 0.3) is 0 Å². The van der Waals surface area contributed by atoms with Crippen molar-refractivity contribution >= 4 is 0 Å². The number of hydrogen-bond acceptors (Lipinski definition) is 3. The SMILES string of the molecule is Cc1ccc(C)c(Cc2nnc3n2CCNC3C2CC2)c1. The van der Waals surface area contributed by atoms with Crippen LogP contribution in [0.5, 0.6) is 0 Å². The molecule has 0 spiro atoms. The molecule has 4 rings (SSSR count). The predicted molar refractivity (Wildman–Crippen MR) is 82.2 cm³/mol. The van der Waals surface area contributed by atoms with Crippen LogP contribution in [0.2, 0.25) is 0 Å². The summed E-state index contributed by atoms with van der Waals surface area (Å²) in [4.78, 5) is 0. The normalized spacial score (nSPS) is 21.3. The lowest BCUT2D eigenvalue weighted by molar-refractivity contribution is 0.377. The number of fused-ring (bicyclic) bond motifs is 1. The Balaban J connectivity index is 1.66. The van der Waals surface area contributed by atoms with Gasteiger partial charge < -0.3 is 9.88 Å². The highest BCUT2D eigenvalue weighted by atomic mass is 15.3. The summed E-state index contributed by atoms with van der Waals surface area (Å²) in [5, 5.41) is 12.6. The Bertz CT molecular complexity index is 669. The zero-order chi connectivity index (χ0) is 14.4. The lowest BCUT2D eigenvalue weighted by Crippen LogP contribution is -2.35. The van der Waals surface area contributed by atoms with E-state index in [9.17, 15) is 0 Å². The standard InChI is InChI=1S/C17H22N4/c1-11-3-4-12(2)14(9-11)10-15-19-20-17-16(13-5-6-13)18-7-8-21(15)17/h3-4,9,13,16,18H,5-8,10H2,1-2H3. The highest BCUT2D eigenvalue weighted by molar-refractivity contribution is 5.32. The van der Waals surface area contributed by atoms with Crippen LogP contribution in [-0.2, 0) is 13.0 Å². The van der Waals surface area contributed by atoms with E-state index in [-0.39, 0.29) is 0 Å². The minimum Gasteiger partial charge on any atom is -0.312 e. The number of aromatic nitrogens is 3. The maximum atomic E-state index is 4.50. The van der Waals surface area contributed by atoms with Gasteiger partial charge in [0.15, 0.2) is 5.82 Å². The molecule has 1 unspecified atom stereocenters. The molecule has 4 heteroatoms. The first kappa shape index (κ1) is 13.0. The largest absolute Gasteiger partial charge is 0.312 e. The first-order valence-corrected chi connectivity index (χ1v) is 7.94. The molecule has 0 saturated heterocycles. The number of rotatable bonds is 3. The van der Waals surface area contributed by atoms with Crippen LogP contribution in [0.15, 0.2) is 18.2 Å². The molecule has 0 amide bonds. The van der Waals surface area contributed by atoms with Crippen molar-refractivity contribution in [3.8, 4) is 0 Å². The van der Waals surface area contributed by atoms with E-state index in [2.05, 4.69) is 52.1 Å². The van der Waals surface area contributed by atoms with Crippen molar-refractivity contribution in [3.05, 3.63) is 46.5 Å². The second kappa shape index (κ2) is 4.95. The van der Waals surface area contributed by atoms with Crippen LogP contribution in [0, 0.1) is 19.8 Å². The molecule has 1 saturated carbocycles. The molecule has 1 atom stereocenters. The fourth-order valence-corrected chi connectivity index (χ4v) is 3.34. The summed E-state index contributed by atoms with van der Waals surface area (Å²) >= 11 is 0. The molecule has 21 heavy (non-hydrogen) atoms. The summed E-state index contributed by atoms with van der Waals surface area (Å²) < 4.78 is 2.35. The first-order chi connectivity index (χ1) is 10.2. The molecule has 1 N–H and O–H groups in total. The van der Waals surface area contributed by atoms with E-state index in [4.69, 9.17) is 0 Å². The Labute approximate surface area is 125 Å². The van der Waals surface area contributed by atoms with Crippen LogP contribution >= 0.6 is 0 Å². The quantitative estimate of drug-likeness (QED) is 0.940. The maximum Gasteiger partial charge on any atom is 0.150 e. The van der Waals surface area contributed by atoms with Gasteiger partial charge in [0.25, 0.3) is 0 Å². The Morgan fingerprint density at radius 3 is 2.90 bits per heavy atom. The Hall–Kier alpha value is -1.68. The van der Waals surface area contributed by atoms with Gasteiger partial charge in [0.05, 0.1) is 6.04 Å². The molecule has 0 radical (unpaired) electrons. The topological polar surface area (TPSA) is 42.7 Å². The average Bonchev–Trinajstić information content (AvgIpc) is 3.25. The Kier molecular flexibility index (Phi) is 3.07. The highest BCUT2D eigenvalue weighted by Gasteiger charge is 2.37. The van der Waals surface area contributed by atoms with E-state index < -0.39 is 0 Å². The van der Waals surface area contributed by atoms with Crippen LogP contribution < -0.4 is 5.32 Å². The third-order valence-corrected chi connectivity index (χ3v) is 4.78. The van der Waals surface area contributed by atoms with E-state index in [0.717, 1.165) is 37.1 Å². The van der Waals surface area contributed by atoms with Gasteiger partial charge in [0.1, 0.15) is 5.82 Å². The van der Waals surface area contributed by atoms with Crippen LogP contribution in [0.4, 0.5) is 0 Å². The minimum absolute atomic E-state index is 0.429. The van der Waals surface area contributed by atoms with Crippen molar-refractivity contribution in [2.45, 2.75) is 45.7 Å². The third-order valence-electron chi connectivity index (χ3n) is 4.78. The summed E-state index contributed by atoms with van der Waals surface area (Å²) in [6, 6.07) is 7.08. The van der Waals surface area contributed by atoms with E-state index in [1.165, 1.54) is 29.5 Å². The van der Waals surface area contributed by atoms with E-state index >= 15 is 0 Å². The van der Waals surface area contributed by atoms with Crippen molar-refractivity contribution in [1.82, 2.24) is 20.1 Å². The third kappa shape index (κ3) is 2.38. The first-order valence-electron chi connectivity index (χ1n) is 7.94. The molecule has 2 heterocycles. The van der Waals surface area contributed by atoms with Crippen LogP contribution in [0.1, 0.15) is 47.2 Å². The van der Waals surface area contributed by atoms with Gasteiger partial charge in [-0.25, -0.2) is 0 Å². The molecule has 1 aliphatic carbocycles. The number of benzene rings is 1. The molecule has 1 fully saturated rings. The predicted octanol–water partition coefficient (Wildman–Crippen LogP) is 2.54. The van der Waals surface area contributed by atoms with Crippen LogP contribution in [-0.4, -0.2) is 21.3 Å². The molecule has 2 aliphatic rings. The molecule has 1 aromatic heterocycles. The average molecular weight is 282 g/mol. The van der Waals surface area contributed by atoms with Crippen molar-refractivity contribution in [3.63, 3.8) is 0 Å². The van der Waals surface area contributed by atoms with Gasteiger partial charge in [-0.15, -0.1) is 10.2 Å². The fourth-order valence-electron chi connectivity index (χ4n) is 3.34. The summed E-state index contributed by atoms with van der Waals surface area (Å²) in [6.45, 7) is 6.35. The van der Waals surface area contributed by atoms with Crippen molar-refractivity contribution in [2.24, 2.45) is 5.92 Å². The smallest absolute Gasteiger partial charge is 0.150 e. The lowest BCUT2D eigenvalue weighted by atomic mass is 10.0.